The molecule has 1 atom stereocenters. The van der Waals surface area contributed by atoms with E-state index in [1.165, 1.54) is 4.88 Å². The van der Waals surface area contributed by atoms with E-state index >= 15 is 0 Å². The van der Waals surface area contributed by atoms with Gasteiger partial charge in [0.25, 0.3) is 0 Å². The Labute approximate surface area is 186 Å². The van der Waals surface area contributed by atoms with E-state index in [1.54, 1.807) is 11.3 Å². The molecule has 3 heterocycles. The minimum atomic E-state index is -0.182. The van der Waals surface area contributed by atoms with E-state index < -0.39 is 0 Å². The van der Waals surface area contributed by atoms with E-state index in [9.17, 15) is 4.79 Å². The quantitative estimate of drug-likeness (QED) is 0.711. The molecule has 0 spiro atoms. The van der Waals surface area contributed by atoms with Crippen LogP contribution in [0.25, 0.3) is 10.2 Å². The highest BCUT2D eigenvalue weighted by Crippen LogP contribution is 2.47. The third kappa shape index (κ3) is 4.31. The van der Waals surface area contributed by atoms with Crippen molar-refractivity contribution in [3.8, 4) is 5.75 Å². The van der Waals surface area contributed by atoms with Gasteiger partial charge in [0.05, 0.1) is 37.2 Å². The van der Waals surface area contributed by atoms with Crippen LogP contribution in [0, 0.1) is 0 Å². The molecule has 2 aliphatic carbocycles. The molecular weight excluding hydrogens is 414 g/mol. The van der Waals surface area contributed by atoms with E-state index in [1.807, 2.05) is 12.3 Å². The van der Waals surface area contributed by atoms with E-state index in [4.69, 9.17) is 14.6 Å². The average Bonchev–Trinajstić information content (AvgIpc) is 3.38. The van der Waals surface area contributed by atoms with Gasteiger partial charge in [-0.2, -0.15) is 0 Å². The molecular formula is C23H31N3O4S. The fraction of sp³-hybridized carbons (Fsp3) is 0.652. The standard InChI is InChI=1S/C23H31N3O4S/c27-12-9-24-22(28)17-5-6-19-20(17)21-18(7-8-25-23(21)31-19)30-16-3-1-15(2-4-16)26-10-13-29-14-11-26/h7-8,15-17,27H,1-6,9-14H2,(H,24,28)/t15-,16-,17-/m0/s1. The molecule has 5 rings (SSSR count). The molecule has 1 aliphatic heterocycles. The van der Waals surface area contributed by atoms with Gasteiger partial charge in [-0.25, -0.2) is 4.98 Å². The molecule has 1 saturated carbocycles. The van der Waals surface area contributed by atoms with Crippen molar-refractivity contribution in [3.05, 3.63) is 22.7 Å². The van der Waals surface area contributed by atoms with Crippen molar-refractivity contribution in [3.63, 3.8) is 0 Å². The van der Waals surface area contributed by atoms with Crippen LogP contribution in [0.15, 0.2) is 12.3 Å². The molecule has 8 heteroatoms. The van der Waals surface area contributed by atoms with Crippen LogP contribution in [0.4, 0.5) is 0 Å². The second kappa shape index (κ2) is 9.40. The topological polar surface area (TPSA) is 83.9 Å². The van der Waals surface area contributed by atoms with Crippen molar-refractivity contribution in [1.82, 2.24) is 15.2 Å². The zero-order valence-electron chi connectivity index (χ0n) is 17.8. The van der Waals surface area contributed by atoms with Crippen LogP contribution in [0.3, 0.4) is 0 Å². The van der Waals surface area contributed by atoms with Gasteiger partial charge in [0.15, 0.2) is 0 Å². The largest absolute Gasteiger partial charge is 0.490 e. The fourth-order valence-electron chi connectivity index (χ4n) is 5.35. The summed E-state index contributed by atoms with van der Waals surface area (Å²) in [6.07, 6.45) is 8.17. The normalized spacial score (nSPS) is 26.7. The summed E-state index contributed by atoms with van der Waals surface area (Å²) < 4.78 is 12.0. The Morgan fingerprint density at radius 1 is 1.26 bits per heavy atom. The predicted molar refractivity (Wildman–Crippen MR) is 120 cm³/mol. The van der Waals surface area contributed by atoms with Crippen molar-refractivity contribution >= 4 is 27.5 Å². The average molecular weight is 446 g/mol. The smallest absolute Gasteiger partial charge is 0.227 e. The van der Waals surface area contributed by atoms with E-state index in [0.29, 0.717) is 12.6 Å². The predicted octanol–water partition coefficient (Wildman–Crippen LogP) is 2.46. The lowest BCUT2D eigenvalue weighted by Gasteiger charge is -2.38. The maximum absolute atomic E-state index is 12.7. The number of aliphatic hydroxyl groups excluding tert-OH is 1. The number of aryl methyl sites for hydroxylation is 1. The molecule has 1 saturated heterocycles. The maximum Gasteiger partial charge on any atom is 0.227 e. The number of pyridine rings is 1. The monoisotopic (exact) mass is 445 g/mol. The van der Waals surface area contributed by atoms with E-state index in [2.05, 4.69) is 15.2 Å². The Hall–Kier alpha value is -1.74. The SMILES string of the molecule is O=C(NCCO)[C@H]1CCc2sc3nccc(O[C@H]4CC[C@H](N5CCOCC5)CC4)c3c21. The van der Waals surface area contributed by atoms with Crippen molar-refractivity contribution in [2.24, 2.45) is 0 Å². The zero-order chi connectivity index (χ0) is 21.2. The number of carbonyl (C=O) groups excluding carboxylic acids is 1. The Bertz CT molecular complexity index is 919. The summed E-state index contributed by atoms with van der Waals surface area (Å²) in [6, 6.07) is 2.61. The lowest BCUT2D eigenvalue weighted by molar-refractivity contribution is -0.122. The van der Waals surface area contributed by atoms with Gasteiger partial charge in [-0.15, -0.1) is 11.3 Å². The van der Waals surface area contributed by atoms with Gasteiger partial charge in [0, 0.05) is 36.8 Å². The van der Waals surface area contributed by atoms with Crippen LogP contribution in [-0.2, 0) is 16.0 Å². The van der Waals surface area contributed by atoms with Crippen molar-refractivity contribution in [2.75, 3.05) is 39.5 Å². The number of nitrogens with one attached hydrogen (secondary N) is 1. The first-order valence-electron chi connectivity index (χ1n) is 11.5. The lowest BCUT2D eigenvalue weighted by atomic mass is 9.91. The van der Waals surface area contributed by atoms with Gasteiger partial charge < -0.3 is 19.9 Å². The van der Waals surface area contributed by atoms with Crippen LogP contribution in [0.2, 0.25) is 0 Å². The highest BCUT2D eigenvalue weighted by molar-refractivity contribution is 7.19. The first-order valence-corrected chi connectivity index (χ1v) is 12.3. The number of fused-ring (bicyclic) bond motifs is 3. The van der Waals surface area contributed by atoms with Gasteiger partial charge in [0.2, 0.25) is 5.91 Å². The molecule has 3 aliphatic rings. The van der Waals surface area contributed by atoms with Gasteiger partial charge >= 0.3 is 0 Å². The number of ether oxygens (including phenoxy) is 2. The molecule has 2 N–H and O–H groups in total. The second-order valence-electron chi connectivity index (χ2n) is 8.73. The van der Waals surface area contributed by atoms with Crippen LogP contribution < -0.4 is 10.1 Å². The Morgan fingerprint density at radius 2 is 2.06 bits per heavy atom. The van der Waals surface area contributed by atoms with Crippen molar-refractivity contribution < 1.29 is 19.4 Å². The zero-order valence-corrected chi connectivity index (χ0v) is 18.7. The Morgan fingerprint density at radius 3 is 2.84 bits per heavy atom. The number of amides is 1. The maximum atomic E-state index is 12.7. The molecule has 31 heavy (non-hydrogen) atoms. The third-order valence-corrected chi connectivity index (χ3v) is 8.08. The molecule has 7 nitrogen and oxygen atoms in total. The van der Waals surface area contributed by atoms with E-state index in [0.717, 1.165) is 86.4 Å². The first kappa shape index (κ1) is 21.1. The number of aromatic nitrogens is 1. The van der Waals surface area contributed by atoms with E-state index in [-0.39, 0.29) is 24.5 Å². The number of morpholine rings is 1. The molecule has 2 fully saturated rings. The molecule has 2 aromatic rings. The fourth-order valence-corrected chi connectivity index (χ4v) is 6.58. The summed E-state index contributed by atoms with van der Waals surface area (Å²) >= 11 is 1.69. The summed E-state index contributed by atoms with van der Waals surface area (Å²) in [5.41, 5.74) is 1.10. The van der Waals surface area contributed by atoms with Crippen LogP contribution in [-0.4, -0.2) is 72.5 Å². The van der Waals surface area contributed by atoms with Crippen LogP contribution in [0.5, 0.6) is 5.75 Å². The molecule has 0 bridgehead atoms. The summed E-state index contributed by atoms with van der Waals surface area (Å²) in [6.45, 7) is 4.03. The minimum Gasteiger partial charge on any atom is -0.490 e. The molecule has 0 aromatic carbocycles. The van der Waals surface area contributed by atoms with Crippen molar-refractivity contribution in [2.45, 2.75) is 56.6 Å². The summed E-state index contributed by atoms with van der Waals surface area (Å²) in [7, 11) is 0. The number of rotatable bonds is 6. The number of aliphatic hydroxyl groups is 1. The summed E-state index contributed by atoms with van der Waals surface area (Å²) in [5.74, 6) is 0.686. The summed E-state index contributed by atoms with van der Waals surface area (Å²) in [5, 5.41) is 12.9. The molecule has 168 valence electrons. The van der Waals surface area contributed by atoms with Crippen LogP contribution in [0.1, 0.15) is 48.5 Å². The molecule has 0 radical (unpaired) electrons. The van der Waals surface area contributed by atoms with Gasteiger partial charge in [0.1, 0.15) is 10.6 Å². The van der Waals surface area contributed by atoms with Gasteiger partial charge in [-0.3, -0.25) is 9.69 Å². The van der Waals surface area contributed by atoms with Gasteiger partial charge in [-0.1, -0.05) is 0 Å². The highest BCUT2D eigenvalue weighted by atomic mass is 32.1. The van der Waals surface area contributed by atoms with Gasteiger partial charge in [-0.05, 0) is 50.2 Å². The Kier molecular flexibility index (Phi) is 6.41. The molecule has 0 unspecified atom stereocenters. The summed E-state index contributed by atoms with van der Waals surface area (Å²) in [4.78, 5) is 22.1. The first-order chi connectivity index (χ1) is 15.2. The number of thiophene rings is 1. The molecule has 2 aromatic heterocycles. The molecule has 1 amide bonds. The Balaban J connectivity index is 1.31. The van der Waals surface area contributed by atoms with Crippen LogP contribution >= 0.6 is 11.3 Å². The second-order valence-corrected chi connectivity index (χ2v) is 9.81. The lowest BCUT2D eigenvalue weighted by Crippen LogP contribution is -2.46. The number of carbonyl (C=O) groups is 1. The number of hydrogen-bond acceptors (Lipinski definition) is 7. The van der Waals surface area contributed by atoms with Crippen molar-refractivity contribution in [1.29, 1.82) is 0 Å². The third-order valence-electron chi connectivity index (χ3n) is 6.90. The number of hydrogen-bond donors (Lipinski definition) is 2. The highest BCUT2D eigenvalue weighted by Gasteiger charge is 2.35. The minimum absolute atomic E-state index is 0.00618. The number of nitrogens with zero attached hydrogens (tertiary/aromatic N) is 2.